The van der Waals surface area contributed by atoms with Crippen LogP contribution in [0.2, 0.25) is 10.0 Å². The number of anilines is 1. The predicted octanol–water partition coefficient (Wildman–Crippen LogP) is 7.15. The Balaban J connectivity index is 2.28. The maximum atomic E-state index is 6.46. The van der Waals surface area contributed by atoms with Gasteiger partial charge in [0, 0.05) is 24.8 Å². The van der Waals surface area contributed by atoms with Crippen molar-refractivity contribution in [2.75, 3.05) is 25.6 Å². The molecule has 0 heterocycles. The van der Waals surface area contributed by atoms with Gasteiger partial charge in [0.05, 0.1) is 17.2 Å². The normalized spacial score (nSPS) is 10.9. The molecule has 0 unspecified atom stereocenters. The first-order valence-corrected chi connectivity index (χ1v) is 9.68. The molecule has 0 atom stereocenters. The average Bonchev–Trinajstić information content (AvgIpc) is 2.62. The SMILES string of the molecule is CCCCN(C)c1cc(Cl)c(Oc2ccc(OC)c(C(C)C)c2)c(Cl)c1. The van der Waals surface area contributed by atoms with Gasteiger partial charge in [-0.05, 0) is 42.7 Å². The fourth-order valence-corrected chi connectivity index (χ4v) is 3.29. The molecule has 0 saturated heterocycles. The standard InChI is InChI=1S/C21H27Cl2NO2/c1-6-7-10-24(4)15-11-18(22)21(19(23)12-15)26-16-8-9-20(25-5)17(13-16)14(2)3/h8-9,11-14H,6-7,10H2,1-5H3. The highest BCUT2D eigenvalue weighted by Crippen LogP contribution is 2.41. The Labute approximate surface area is 166 Å². The molecule has 5 heteroatoms. The molecule has 0 aromatic heterocycles. The molecule has 0 aliphatic rings. The number of nitrogens with zero attached hydrogens (tertiary/aromatic N) is 1. The van der Waals surface area contributed by atoms with Gasteiger partial charge in [-0.25, -0.2) is 0 Å². The third kappa shape index (κ3) is 4.99. The summed E-state index contributed by atoms with van der Waals surface area (Å²) in [5, 5.41) is 0.996. The summed E-state index contributed by atoms with van der Waals surface area (Å²) >= 11 is 12.9. The highest BCUT2D eigenvalue weighted by Gasteiger charge is 2.15. The quantitative estimate of drug-likeness (QED) is 0.473. The number of halogens is 2. The molecule has 0 aliphatic heterocycles. The largest absolute Gasteiger partial charge is 0.496 e. The highest BCUT2D eigenvalue weighted by molar-refractivity contribution is 6.37. The maximum absolute atomic E-state index is 6.46. The maximum Gasteiger partial charge on any atom is 0.164 e. The van der Waals surface area contributed by atoms with Gasteiger partial charge < -0.3 is 14.4 Å². The van der Waals surface area contributed by atoms with Crippen LogP contribution in [0, 0.1) is 0 Å². The van der Waals surface area contributed by atoms with Crippen molar-refractivity contribution in [1.82, 2.24) is 0 Å². The number of ether oxygens (including phenoxy) is 2. The van der Waals surface area contributed by atoms with E-state index in [-0.39, 0.29) is 0 Å². The number of hydrogen-bond acceptors (Lipinski definition) is 3. The van der Waals surface area contributed by atoms with Gasteiger partial charge in [-0.15, -0.1) is 0 Å². The van der Waals surface area contributed by atoms with Crippen LogP contribution >= 0.6 is 23.2 Å². The molecule has 2 aromatic carbocycles. The van der Waals surface area contributed by atoms with Crippen LogP contribution in [-0.2, 0) is 0 Å². The predicted molar refractivity (Wildman–Crippen MR) is 112 cm³/mol. The van der Waals surface area contributed by atoms with Crippen LogP contribution in [0.15, 0.2) is 30.3 Å². The van der Waals surface area contributed by atoms with E-state index in [1.165, 1.54) is 0 Å². The lowest BCUT2D eigenvalue weighted by Gasteiger charge is -2.21. The van der Waals surface area contributed by atoms with Gasteiger partial charge in [-0.2, -0.15) is 0 Å². The molecule has 0 amide bonds. The number of hydrogen-bond donors (Lipinski definition) is 0. The molecule has 0 spiro atoms. The second kappa shape index (κ2) is 9.38. The summed E-state index contributed by atoms with van der Waals surface area (Å²) in [6, 6.07) is 9.52. The number of methoxy groups -OCH3 is 1. The first kappa shape index (κ1) is 20.7. The molecule has 26 heavy (non-hydrogen) atoms. The molecule has 0 saturated carbocycles. The average molecular weight is 396 g/mol. The van der Waals surface area contributed by atoms with Gasteiger partial charge in [-0.3, -0.25) is 0 Å². The van der Waals surface area contributed by atoms with E-state index < -0.39 is 0 Å². The van der Waals surface area contributed by atoms with Gasteiger partial charge >= 0.3 is 0 Å². The van der Waals surface area contributed by atoms with Crippen molar-refractivity contribution >= 4 is 28.9 Å². The third-order valence-electron chi connectivity index (χ3n) is 4.31. The van der Waals surface area contributed by atoms with E-state index in [1.54, 1.807) is 7.11 Å². The van der Waals surface area contributed by atoms with Crippen LogP contribution in [0.5, 0.6) is 17.2 Å². The van der Waals surface area contributed by atoms with Crippen molar-refractivity contribution in [3.05, 3.63) is 45.9 Å². The topological polar surface area (TPSA) is 21.7 Å². The van der Waals surface area contributed by atoms with Crippen molar-refractivity contribution < 1.29 is 9.47 Å². The lowest BCUT2D eigenvalue weighted by atomic mass is 10.0. The van der Waals surface area contributed by atoms with Crippen molar-refractivity contribution in [3.63, 3.8) is 0 Å². The minimum atomic E-state index is 0.314. The molecule has 3 nitrogen and oxygen atoms in total. The number of benzene rings is 2. The molecule has 0 aliphatic carbocycles. The fraction of sp³-hybridized carbons (Fsp3) is 0.429. The molecule has 142 valence electrons. The summed E-state index contributed by atoms with van der Waals surface area (Å²) in [7, 11) is 3.71. The smallest absolute Gasteiger partial charge is 0.164 e. The number of unbranched alkanes of at least 4 members (excludes halogenated alkanes) is 1. The van der Waals surface area contributed by atoms with Crippen LogP contribution < -0.4 is 14.4 Å². The van der Waals surface area contributed by atoms with Crippen molar-refractivity contribution in [3.8, 4) is 17.2 Å². The zero-order valence-corrected chi connectivity index (χ0v) is 17.6. The van der Waals surface area contributed by atoms with Gasteiger partial charge in [0.2, 0.25) is 0 Å². The summed E-state index contributed by atoms with van der Waals surface area (Å²) in [5.41, 5.74) is 2.06. The number of rotatable bonds is 8. The molecule has 0 radical (unpaired) electrons. The van der Waals surface area contributed by atoms with E-state index in [0.717, 1.165) is 36.4 Å². The first-order valence-electron chi connectivity index (χ1n) is 8.93. The molecular formula is C21H27Cl2NO2. The Morgan fingerprint density at radius 1 is 1.08 bits per heavy atom. The van der Waals surface area contributed by atoms with Gasteiger partial charge in [0.1, 0.15) is 11.5 Å². The molecule has 2 aromatic rings. The zero-order valence-electron chi connectivity index (χ0n) is 16.1. The van der Waals surface area contributed by atoms with Gasteiger partial charge in [0.25, 0.3) is 0 Å². The minimum absolute atomic E-state index is 0.314. The van der Waals surface area contributed by atoms with Crippen LogP contribution in [0.3, 0.4) is 0 Å². The monoisotopic (exact) mass is 395 g/mol. The lowest BCUT2D eigenvalue weighted by Crippen LogP contribution is -2.18. The van der Waals surface area contributed by atoms with E-state index in [0.29, 0.717) is 27.5 Å². The Hall–Kier alpha value is -1.58. The van der Waals surface area contributed by atoms with E-state index >= 15 is 0 Å². The minimum Gasteiger partial charge on any atom is -0.496 e. The van der Waals surface area contributed by atoms with Crippen molar-refractivity contribution in [2.45, 2.75) is 39.5 Å². The van der Waals surface area contributed by atoms with Gasteiger partial charge in [0.15, 0.2) is 5.75 Å². The molecule has 2 rings (SSSR count). The Bertz CT molecular complexity index is 724. The summed E-state index contributed by atoms with van der Waals surface area (Å²) in [4.78, 5) is 2.15. The molecular weight excluding hydrogens is 369 g/mol. The first-order chi connectivity index (χ1) is 12.4. The van der Waals surface area contributed by atoms with Crippen LogP contribution in [-0.4, -0.2) is 20.7 Å². The fourth-order valence-electron chi connectivity index (χ4n) is 2.73. The second-order valence-electron chi connectivity index (χ2n) is 6.67. The van der Waals surface area contributed by atoms with Crippen LogP contribution in [0.4, 0.5) is 5.69 Å². The van der Waals surface area contributed by atoms with Crippen LogP contribution in [0.25, 0.3) is 0 Å². The third-order valence-corrected chi connectivity index (χ3v) is 4.88. The Morgan fingerprint density at radius 3 is 2.27 bits per heavy atom. The van der Waals surface area contributed by atoms with E-state index in [2.05, 4.69) is 25.7 Å². The summed E-state index contributed by atoms with van der Waals surface area (Å²) in [6.45, 7) is 7.36. The summed E-state index contributed by atoms with van der Waals surface area (Å²) in [6.07, 6.45) is 2.26. The van der Waals surface area contributed by atoms with Crippen molar-refractivity contribution in [1.29, 1.82) is 0 Å². The lowest BCUT2D eigenvalue weighted by molar-refractivity contribution is 0.405. The summed E-state index contributed by atoms with van der Waals surface area (Å²) in [5.74, 6) is 2.32. The Morgan fingerprint density at radius 2 is 1.73 bits per heavy atom. The Kier molecular flexibility index (Phi) is 7.48. The van der Waals surface area contributed by atoms with E-state index in [9.17, 15) is 0 Å². The molecule has 0 bridgehead atoms. The van der Waals surface area contributed by atoms with Gasteiger partial charge in [-0.1, -0.05) is 50.4 Å². The summed E-state index contributed by atoms with van der Waals surface area (Å²) < 4.78 is 11.4. The highest BCUT2D eigenvalue weighted by atomic mass is 35.5. The molecule has 0 fully saturated rings. The van der Waals surface area contributed by atoms with E-state index in [4.69, 9.17) is 32.7 Å². The van der Waals surface area contributed by atoms with E-state index in [1.807, 2.05) is 37.4 Å². The van der Waals surface area contributed by atoms with Crippen LogP contribution in [0.1, 0.15) is 45.1 Å². The zero-order chi connectivity index (χ0) is 19.3. The van der Waals surface area contributed by atoms with Crippen molar-refractivity contribution in [2.24, 2.45) is 0 Å². The second-order valence-corrected chi connectivity index (χ2v) is 7.49. The molecule has 0 N–H and O–H groups in total.